The van der Waals surface area contributed by atoms with E-state index in [1.807, 2.05) is 0 Å². The molecule has 1 N–H and O–H groups in total. The van der Waals surface area contributed by atoms with Gasteiger partial charge in [-0.2, -0.15) is 0 Å². The molecule has 0 unspecified atom stereocenters. The Bertz CT molecular complexity index is 354. The number of ether oxygens (including phenoxy) is 1. The number of cyclic esters (lactones) is 2. The molecule has 1 rings (SSSR count). The van der Waals surface area contributed by atoms with E-state index in [1.54, 1.807) is 0 Å². The number of hydrogen-bond acceptors (Lipinski definition) is 4. The van der Waals surface area contributed by atoms with Gasteiger partial charge >= 0.3 is 11.9 Å². The maximum atomic E-state index is 11.6. The molecule has 120 valence electrons. The topological polar surface area (TPSA) is 72.5 Å². The number of unbranched alkanes of at least 4 members (excludes halogenated alkanes) is 8. The summed E-state index contributed by atoms with van der Waals surface area (Å²) in [5, 5.41) is 2.55. The van der Waals surface area contributed by atoms with Gasteiger partial charge in [0.05, 0.1) is 6.42 Å². The third-order valence-electron chi connectivity index (χ3n) is 3.71. The highest BCUT2D eigenvalue weighted by Gasteiger charge is 2.34. The van der Waals surface area contributed by atoms with Crippen LogP contribution in [0.3, 0.4) is 0 Å². The van der Waals surface area contributed by atoms with Crippen molar-refractivity contribution >= 4 is 17.8 Å². The Kier molecular flexibility index (Phi) is 8.71. The van der Waals surface area contributed by atoms with Gasteiger partial charge in [-0.1, -0.05) is 58.3 Å². The van der Waals surface area contributed by atoms with Gasteiger partial charge in [-0.3, -0.25) is 9.59 Å². The van der Waals surface area contributed by atoms with Gasteiger partial charge in [-0.25, -0.2) is 4.79 Å². The molecule has 5 nitrogen and oxygen atoms in total. The zero-order valence-electron chi connectivity index (χ0n) is 13.0. The minimum Gasteiger partial charge on any atom is -0.392 e. The average Bonchev–Trinajstić information content (AvgIpc) is 2.75. The number of carbonyl (C=O) groups excluding carboxylic acids is 3. The number of carbonyl (C=O) groups is 3. The van der Waals surface area contributed by atoms with Crippen molar-refractivity contribution in [2.45, 2.75) is 83.6 Å². The maximum Gasteiger partial charge on any atom is 0.336 e. The van der Waals surface area contributed by atoms with Crippen LogP contribution in [-0.2, 0) is 19.1 Å². The van der Waals surface area contributed by atoms with Gasteiger partial charge in [-0.15, -0.1) is 0 Å². The number of amides is 1. The second-order valence-electron chi connectivity index (χ2n) is 5.70. The molecule has 0 spiro atoms. The van der Waals surface area contributed by atoms with Gasteiger partial charge in [0.2, 0.25) is 5.91 Å². The monoisotopic (exact) mass is 297 g/mol. The molecule has 21 heavy (non-hydrogen) atoms. The average molecular weight is 297 g/mol. The Balaban J connectivity index is 1.94. The lowest BCUT2D eigenvalue weighted by molar-refractivity contribution is -0.153. The van der Waals surface area contributed by atoms with Crippen LogP contribution in [0, 0.1) is 0 Å². The lowest BCUT2D eigenvalue weighted by Crippen LogP contribution is -2.37. The van der Waals surface area contributed by atoms with Crippen LogP contribution < -0.4 is 5.32 Å². The van der Waals surface area contributed by atoms with E-state index in [2.05, 4.69) is 17.0 Å². The zero-order valence-corrected chi connectivity index (χ0v) is 13.0. The van der Waals surface area contributed by atoms with Gasteiger partial charge < -0.3 is 10.1 Å². The molecular weight excluding hydrogens is 270 g/mol. The first-order chi connectivity index (χ1) is 10.1. The summed E-state index contributed by atoms with van der Waals surface area (Å²) in [5.41, 5.74) is 0. The van der Waals surface area contributed by atoms with Gasteiger partial charge in [0.25, 0.3) is 0 Å². The maximum absolute atomic E-state index is 11.6. The summed E-state index contributed by atoms with van der Waals surface area (Å²) in [7, 11) is 0. The highest BCUT2D eigenvalue weighted by molar-refractivity contribution is 5.98. The second kappa shape index (κ2) is 10.4. The van der Waals surface area contributed by atoms with E-state index in [0.717, 1.165) is 19.3 Å². The van der Waals surface area contributed by atoms with Crippen molar-refractivity contribution in [1.29, 1.82) is 0 Å². The molecule has 1 aliphatic heterocycles. The van der Waals surface area contributed by atoms with E-state index in [4.69, 9.17) is 0 Å². The minimum atomic E-state index is -0.774. The highest BCUT2D eigenvalue weighted by atomic mass is 16.6. The predicted molar refractivity (Wildman–Crippen MR) is 79.5 cm³/mol. The Morgan fingerprint density at radius 3 is 2.14 bits per heavy atom. The van der Waals surface area contributed by atoms with Crippen LogP contribution in [0.25, 0.3) is 0 Å². The van der Waals surface area contributed by atoms with Crippen LogP contribution in [0.5, 0.6) is 0 Å². The first-order valence-electron chi connectivity index (χ1n) is 8.17. The highest BCUT2D eigenvalue weighted by Crippen LogP contribution is 2.11. The summed E-state index contributed by atoms with van der Waals surface area (Å²) in [6.07, 6.45) is 11.1. The van der Waals surface area contributed by atoms with Crippen molar-refractivity contribution in [3.05, 3.63) is 0 Å². The summed E-state index contributed by atoms with van der Waals surface area (Å²) in [6, 6.07) is -0.774. The van der Waals surface area contributed by atoms with Crippen molar-refractivity contribution in [2.75, 3.05) is 0 Å². The molecule has 1 fully saturated rings. The van der Waals surface area contributed by atoms with E-state index in [1.165, 1.54) is 38.5 Å². The molecule has 1 saturated heterocycles. The molecule has 1 amide bonds. The Hall–Kier alpha value is -1.39. The molecule has 0 saturated carbocycles. The fourth-order valence-corrected chi connectivity index (χ4v) is 2.45. The first-order valence-corrected chi connectivity index (χ1v) is 8.17. The van der Waals surface area contributed by atoms with Crippen molar-refractivity contribution < 1.29 is 19.1 Å². The van der Waals surface area contributed by atoms with Crippen LogP contribution >= 0.6 is 0 Å². The molecule has 0 aromatic heterocycles. The summed E-state index contributed by atoms with van der Waals surface area (Å²) in [5.74, 6) is -1.37. The van der Waals surface area contributed by atoms with Crippen molar-refractivity contribution in [3.8, 4) is 0 Å². The minimum absolute atomic E-state index is 0.0394. The number of hydrogen-bond donors (Lipinski definition) is 1. The van der Waals surface area contributed by atoms with E-state index in [-0.39, 0.29) is 12.3 Å². The lowest BCUT2D eigenvalue weighted by Gasteiger charge is -2.07. The Morgan fingerprint density at radius 2 is 1.62 bits per heavy atom. The molecule has 0 aromatic rings. The number of esters is 2. The van der Waals surface area contributed by atoms with Gasteiger partial charge in [0, 0.05) is 6.42 Å². The van der Waals surface area contributed by atoms with Crippen molar-refractivity contribution in [3.63, 3.8) is 0 Å². The summed E-state index contributed by atoms with van der Waals surface area (Å²) in [4.78, 5) is 33.7. The predicted octanol–water partition coefficient (Wildman–Crippen LogP) is 2.87. The van der Waals surface area contributed by atoms with E-state index in [9.17, 15) is 14.4 Å². The summed E-state index contributed by atoms with van der Waals surface area (Å²) >= 11 is 0. The lowest BCUT2D eigenvalue weighted by atomic mass is 10.1. The molecule has 0 aromatic carbocycles. The van der Waals surface area contributed by atoms with E-state index in [0.29, 0.717) is 6.42 Å². The van der Waals surface area contributed by atoms with Crippen LogP contribution in [-0.4, -0.2) is 23.9 Å². The second-order valence-corrected chi connectivity index (χ2v) is 5.70. The van der Waals surface area contributed by atoms with E-state index >= 15 is 0 Å². The molecular formula is C16H27NO4. The van der Waals surface area contributed by atoms with Crippen LogP contribution in [0.4, 0.5) is 0 Å². The van der Waals surface area contributed by atoms with Gasteiger partial charge in [-0.05, 0) is 6.42 Å². The molecule has 5 heteroatoms. The first kappa shape index (κ1) is 17.7. The molecule has 0 aliphatic carbocycles. The smallest absolute Gasteiger partial charge is 0.336 e. The molecule has 1 heterocycles. The third kappa shape index (κ3) is 7.83. The fraction of sp³-hybridized carbons (Fsp3) is 0.812. The van der Waals surface area contributed by atoms with Gasteiger partial charge in [0.1, 0.15) is 6.04 Å². The fourth-order valence-electron chi connectivity index (χ4n) is 2.45. The largest absolute Gasteiger partial charge is 0.392 e. The molecule has 0 radical (unpaired) electrons. The van der Waals surface area contributed by atoms with Gasteiger partial charge in [0.15, 0.2) is 0 Å². The third-order valence-corrected chi connectivity index (χ3v) is 3.71. The van der Waals surface area contributed by atoms with Crippen LogP contribution in [0.15, 0.2) is 0 Å². The number of rotatable bonds is 11. The van der Waals surface area contributed by atoms with Crippen molar-refractivity contribution in [2.24, 2.45) is 0 Å². The normalized spacial score (nSPS) is 17.9. The number of nitrogens with one attached hydrogen (secondary N) is 1. The molecule has 0 bridgehead atoms. The molecule has 1 atom stereocenters. The summed E-state index contributed by atoms with van der Waals surface area (Å²) in [6.45, 7) is 2.21. The SMILES string of the molecule is CCCCCCCCCCCC(=O)N[C@H]1CC(=O)OC1=O. The van der Waals surface area contributed by atoms with Crippen molar-refractivity contribution in [1.82, 2.24) is 5.32 Å². The Labute approximate surface area is 126 Å². The zero-order chi connectivity index (χ0) is 15.5. The van der Waals surface area contributed by atoms with Crippen LogP contribution in [0.2, 0.25) is 0 Å². The molecule has 1 aliphatic rings. The Morgan fingerprint density at radius 1 is 1.05 bits per heavy atom. The summed E-state index contributed by atoms with van der Waals surface area (Å²) < 4.78 is 4.38. The standard InChI is InChI=1S/C16H27NO4/c1-2-3-4-5-6-7-8-9-10-11-14(18)17-13-12-15(19)21-16(13)20/h13H,2-12H2,1H3,(H,17,18)/t13-/m0/s1. The quantitative estimate of drug-likeness (QED) is 0.361. The van der Waals surface area contributed by atoms with Crippen LogP contribution in [0.1, 0.15) is 77.6 Å². The van der Waals surface area contributed by atoms with E-state index < -0.39 is 18.0 Å².